The number of ether oxygens (including phenoxy) is 2. The van der Waals surface area contributed by atoms with Gasteiger partial charge >= 0.3 is 0 Å². The summed E-state index contributed by atoms with van der Waals surface area (Å²) in [4.78, 5) is 7.50. The van der Waals surface area contributed by atoms with Crippen LogP contribution in [0, 0.1) is 0 Å². The highest BCUT2D eigenvalue weighted by Crippen LogP contribution is 2.49. The van der Waals surface area contributed by atoms with Gasteiger partial charge in [-0.25, -0.2) is 0 Å². The molecule has 2 aromatic carbocycles. The number of likely N-dealkylation sites (tertiary alicyclic amines) is 1. The lowest BCUT2D eigenvalue weighted by molar-refractivity contribution is 0.192. The van der Waals surface area contributed by atoms with Crippen LogP contribution in [-0.4, -0.2) is 36.9 Å². The van der Waals surface area contributed by atoms with Crippen LogP contribution in [0.5, 0.6) is 11.5 Å². The lowest BCUT2D eigenvalue weighted by Gasteiger charge is -2.43. The number of nitrogens with zero attached hydrogens (tertiary/aromatic N) is 2. The number of hydrogen-bond acceptors (Lipinski definition) is 4. The van der Waals surface area contributed by atoms with Gasteiger partial charge < -0.3 is 9.47 Å². The van der Waals surface area contributed by atoms with Crippen molar-refractivity contribution in [2.75, 3.05) is 20.2 Å². The Morgan fingerprint density at radius 3 is 2.61 bits per heavy atom. The Morgan fingerprint density at radius 2 is 1.84 bits per heavy atom. The first-order chi connectivity index (χ1) is 15.2. The smallest absolute Gasteiger partial charge is 0.127 e. The topological polar surface area (TPSA) is 34.1 Å². The number of methoxy groups -OCH3 is 1. The fourth-order valence-electron chi connectivity index (χ4n) is 5.04. The Morgan fingerprint density at radius 1 is 1.03 bits per heavy atom. The lowest BCUT2D eigenvalue weighted by Crippen LogP contribution is -2.49. The van der Waals surface area contributed by atoms with E-state index in [1.165, 1.54) is 16.7 Å². The van der Waals surface area contributed by atoms with Crippen LogP contribution in [0.1, 0.15) is 25.3 Å². The maximum Gasteiger partial charge on any atom is 0.127 e. The molecule has 1 atom stereocenters. The van der Waals surface area contributed by atoms with Gasteiger partial charge in [0.05, 0.1) is 18.3 Å². The zero-order valence-corrected chi connectivity index (χ0v) is 18.2. The first kappa shape index (κ1) is 19.8. The van der Waals surface area contributed by atoms with E-state index in [9.17, 15) is 0 Å². The minimum Gasteiger partial charge on any atom is -0.497 e. The van der Waals surface area contributed by atoms with E-state index in [1.807, 2.05) is 48.7 Å². The normalized spacial score (nSPS) is 22.5. The Labute approximate surface area is 184 Å². The zero-order valence-electron chi connectivity index (χ0n) is 18.2. The van der Waals surface area contributed by atoms with Gasteiger partial charge in [0.1, 0.15) is 17.3 Å². The highest BCUT2D eigenvalue weighted by molar-refractivity contribution is 5.84. The molecular formula is C27H28N2O2. The van der Waals surface area contributed by atoms with Gasteiger partial charge in [-0.3, -0.25) is 9.89 Å². The van der Waals surface area contributed by atoms with Crippen molar-refractivity contribution in [1.82, 2.24) is 4.90 Å². The Hall–Kier alpha value is -3.11. The molecule has 1 saturated heterocycles. The molecule has 1 aliphatic carbocycles. The molecule has 2 aromatic rings. The van der Waals surface area contributed by atoms with E-state index < -0.39 is 0 Å². The van der Waals surface area contributed by atoms with E-state index in [2.05, 4.69) is 36.1 Å². The molecule has 158 valence electrons. The molecule has 2 heterocycles. The number of hydrogen-bond donors (Lipinski definition) is 0. The first-order valence-electron chi connectivity index (χ1n) is 11.0. The fraction of sp³-hybridized carbons (Fsp3) is 0.296. The van der Waals surface area contributed by atoms with Crippen molar-refractivity contribution < 1.29 is 9.47 Å². The summed E-state index contributed by atoms with van der Waals surface area (Å²) in [6, 6.07) is 18.4. The predicted molar refractivity (Wildman–Crippen MR) is 125 cm³/mol. The maximum atomic E-state index is 6.13. The van der Waals surface area contributed by atoms with Crippen molar-refractivity contribution in [3.8, 4) is 11.5 Å². The second-order valence-corrected chi connectivity index (χ2v) is 8.37. The summed E-state index contributed by atoms with van der Waals surface area (Å²) in [5.74, 6) is 2.64. The van der Waals surface area contributed by atoms with Crippen molar-refractivity contribution in [3.63, 3.8) is 0 Å². The van der Waals surface area contributed by atoms with Crippen LogP contribution in [0.2, 0.25) is 0 Å². The highest BCUT2D eigenvalue weighted by atomic mass is 16.5. The summed E-state index contributed by atoms with van der Waals surface area (Å²) in [7, 11) is 1.71. The average Bonchev–Trinajstić information content (AvgIpc) is 3.18. The molecule has 2 aliphatic heterocycles. The van der Waals surface area contributed by atoms with Gasteiger partial charge in [-0.1, -0.05) is 30.3 Å². The van der Waals surface area contributed by atoms with E-state index >= 15 is 0 Å². The molecule has 5 rings (SSSR count). The number of para-hydroxylation sites is 1. The summed E-state index contributed by atoms with van der Waals surface area (Å²) in [5, 5.41) is 0. The van der Waals surface area contributed by atoms with E-state index in [4.69, 9.17) is 14.5 Å². The van der Waals surface area contributed by atoms with Crippen molar-refractivity contribution in [2.24, 2.45) is 4.99 Å². The molecule has 0 amide bonds. The maximum absolute atomic E-state index is 6.13. The van der Waals surface area contributed by atoms with Crippen LogP contribution in [0.15, 0.2) is 94.3 Å². The number of aliphatic imine (C=N–C) groups is 1. The third kappa shape index (κ3) is 3.61. The second-order valence-electron chi connectivity index (χ2n) is 8.37. The zero-order chi connectivity index (χ0) is 21.3. The van der Waals surface area contributed by atoms with Gasteiger partial charge in [0.15, 0.2) is 0 Å². The van der Waals surface area contributed by atoms with E-state index in [-0.39, 0.29) is 5.54 Å². The SMILES string of the molecule is COc1ccc(CCN2CCC3=C(C)C=NC4=CC(Oc5ccccc5)=CCC432)cc1. The molecule has 1 unspecified atom stereocenters. The Balaban J connectivity index is 1.38. The lowest BCUT2D eigenvalue weighted by atomic mass is 9.77. The van der Waals surface area contributed by atoms with Crippen LogP contribution in [0.25, 0.3) is 0 Å². The van der Waals surface area contributed by atoms with Gasteiger partial charge in [0, 0.05) is 25.4 Å². The molecule has 4 nitrogen and oxygen atoms in total. The summed E-state index contributed by atoms with van der Waals surface area (Å²) in [6.45, 7) is 4.26. The van der Waals surface area contributed by atoms with Crippen molar-refractivity contribution in [3.05, 3.63) is 94.9 Å². The molecule has 31 heavy (non-hydrogen) atoms. The van der Waals surface area contributed by atoms with Crippen molar-refractivity contribution in [1.29, 1.82) is 0 Å². The summed E-state index contributed by atoms with van der Waals surface area (Å²) < 4.78 is 11.4. The van der Waals surface area contributed by atoms with E-state index in [1.54, 1.807) is 7.11 Å². The van der Waals surface area contributed by atoms with Crippen LogP contribution < -0.4 is 9.47 Å². The van der Waals surface area contributed by atoms with Gasteiger partial charge in [0.2, 0.25) is 0 Å². The van der Waals surface area contributed by atoms with Crippen LogP contribution in [-0.2, 0) is 6.42 Å². The minimum atomic E-state index is -0.130. The Kier molecular flexibility index (Phi) is 5.24. The van der Waals surface area contributed by atoms with Crippen LogP contribution in [0.3, 0.4) is 0 Å². The van der Waals surface area contributed by atoms with Gasteiger partial charge in [-0.15, -0.1) is 0 Å². The predicted octanol–water partition coefficient (Wildman–Crippen LogP) is 5.33. The number of allylic oxidation sites excluding steroid dienone is 2. The third-order valence-corrected chi connectivity index (χ3v) is 6.65. The number of dihydropyridines is 1. The van der Waals surface area contributed by atoms with E-state index in [0.29, 0.717) is 0 Å². The standard InChI is InChI=1S/C27H28N2O2/c1-20-19-28-26-18-24(31-23-6-4-3-5-7-23)12-15-27(26)25(20)14-17-29(27)16-13-21-8-10-22(30-2)11-9-21/h3-12,18-19H,13-17H2,1-2H3. The number of rotatable bonds is 6. The first-order valence-corrected chi connectivity index (χ1v) is 11.0. The summed E-state index contributed by atoms with van der Waals surface area (Å²) >= 11 is 0. The molecule has 0 radical (unpaired) electrons. The average molecular weight is 413 g/mol. The molecule has 0 aromatic heterocycles. The molecule has 3 aliphatic rings. The van der Waals surface area contributed by atoms with Gasteiger partial charge in [0.25, 0.3) is 0 Å². The molecule has 1 spiro atoms. The largest absolute Gasteiger partial charge is 0.497 e. The fourth-order valence-corrected chi connectivity index (χ4v) is 5.04. The quantitative estimate of drug-likeness (QED) is 0.643. The van der Waals surface area contributed by atoms with Crippen molar-refractivity contribution >= 4 is 6.21 Å². The second kappa shape index (κ2) is 8.20. The third-order valence-electron chi connectivity index (χ3n) is 6.65. The molecule has 0 saturated carbocycles. The Bertz CT molecular complexity index is 1080. The van der Waals surface area contributed by atoms with Crippen molar-refractivity contribution in [2.45, 2.75) is 31.7 Å². The molecular weight excluding hydrogens is 384 g/mol. The van der Waals surface area contributed by atoms with Crippen LogP contribution in [0.4, 0.5) is 0 Å². The molecule has 4 heteroatoms. The molecule has 1 fully saturated rings. The minimum absolute atomic E-state index is 0.130. The summed E-state index contributed by atoms with van der Waals surface area (Å²) in [6.07, 6.45) is 9.39. The van der Waals surface area contributed by atoms with Gasteiger partial charge in [-0.2, -0.15) is 0 Å². The highest BCUT2D eigenvalue weighted by Gasteiger charge is 2.50. The van der Waals surface area contributed by atoms with Gasteiger partial charge in [-0.05, 0) is 73.2 Å². The monoisotopic (exact) mass is 412 g/mol. The summed E-state index contributed by atoms with van der Waals surface area (Å²) in [5.41, 5.74) is 5.13. The molecule has 0 N–H and O–H groups in total. The van der Waals surface area contributed by atoms with Crippen LogP contribution >= 0.6 is 0 Å². The number of benzene rings is 2. The van der Waals surface area contributed by atoms with E-state index in [0.717, 1.165) is 55.3 Å². The molecule has 0 bridgehead atoms.